The summed E-state index contributed by atoms with van der Waals surface area (Å²) in [5, 5.41) is 31.0. The van der Waals surface area contributed by atoms with Gasteiger partial charge in [0.25, 0.3) is 0 Å². The summed E-state index contributed by atoms with van der Waals surface area (Å²) in [4.78, 5) is 11.5. The number of carbonyl (C=O) groups is 1. The molecule has 0 spiro atoms. The SMILES string of the molecule is NCCCCCC(=O)NCCO[C@@H]1CC(O)[C@H](O)[C@@H](CO)O1. The van der Waals surface area contributed by atoms with Gasteiger partial charge in [0.1, 0.15) is 12.2 Å². The van der Waals surface area contributed by atoms with Gasteiger partial charge in [0, 0.05) is 19.4 Å². The molecule has 0 aromatic heterocycles. The van der Waals surface area contributed by atoms with Crippen molar-refractivity contribution in [2.75, 3.05) is 26.3 Å². The number of nitrogens with one attached hydrogen (secondary N) is 1. The van der Waals surface area contributed by atoms with Crippen LogP contribution in [0.15, 0.2) is 0 Å². The van der Waals surface area contributed by atoms with Gasteiger partial charge in [-0.25, -0.2) is 0 Å². The summed E-state index contributed by atoms with van der Waals surface area (Å²) in [5.74, 6) is -0.0334. The average molecular weight is 320 g/mol. The van der Waals surface area contributed by atoms with Crippen molar-refractivity contribution in [1.29, 1.82) is 0 Å². The summed E-state index contributed by atoms with van der Waals surface area (Å²) < 4.78 is 10.7. The van der Waals surface area contributed by atoms with E-state index in [9.17, 15) is 15.0 Å². The zero-order valence-electron chi connectivity index (χ0n) is 12.8. The molecule has 8 nitrogen and oxygen atoms in total. The lowest BCUT2D eigenvalue weighted by molar-refractivity contribution is -0.256. The fourth-order valence-electron chi connectivity index (χ4n) is 2.25. The largest absolute Gasteiger partial charge is 0.394 e. The molecule has 6 N–H and O–H groups in total. The smallest absolute Gasteiger partial charge is 0.220 e. The third-order valence-corrected chi connectivity index (χ3v) is 3.55. The number of aliphatic hydroxyl groups excluding tert-OH is 3. The van der Waals surface area contributed by atoms with E-state index in [0.29, 0.717) is 19.5 Å². The Morgan fingerprint density at radius 3 is 2.77 bits per heavy atom. The van der Waals surface area contributed by atoms with Gasteiger partial charge in [-0.15, -0.1) is 0 Å². The van der Waals surface area contributed by atoms with Crippen LogP contribution in [0.1, 0.15) is 32.1 Å². The van der Waals surface area contributed by atoms with E-state index in [-0.39, 0.29) is 18.9 Å². The van der Waals surface area contributed by atoms with Gasteiger partial charge in [-0.05, 0) is 19.4 Å². The lowest BCUT2D eigenvalue weighted by atomic mass is 10.0. The summed E-state index contributed by atoms with van der Waals surface area (Å²) >= 11 is 0. The number of hydrogen-bond donors (Lipinski definition) is 5. The molecule has 8 heteroatoms. The Labute approximate surface area is 130 Å². The van der Waals surface area contributed by atoms with Gasteiger partial charge < -0.3 is 35.8 Å². The molecule has 0 bridgehead atoms. The van der Waals surface area contributed by atoms with Crippen LogP contribution in [-0.4, -0.2) is 72.1 Å². The van der Waals surface area contributed by atoms with E-state index >= 15 is 0 Å². The first kappa shape index (κ1) is 19.3. The highest BCUT2D eigenvalue weighted by Gasteiger charge is 2.36. The lowest BCUT2D eigenvalue weighted by Gasteiger charge is -2.36. The third kappa shape index (κ3) is 6.99. The van der Waals surface area contributed by atoms with Crippen molar-refractivity contribution in [1.82, 2.24) is 5.32 Å². The highest BCUT2D eigenvalue weighted by molar-refractivity contribution is 5.75. The maximum Gasteiger partial charge on any atom is 0.220 e. The fraction of sp³-hybridized carbons (Fsp3) is 0.929. The predicted molar refractivity (Wildman–Crippen MR) is 78.9 cm³/mol. The standard InChI is InChI=1S/C14H28N2O6/c15-5-3-1-2-4-12(19)16-6-7-21-13-8-10(18)14(20)11(9-17)22-13/h10-11,13-14,17-18,20H,1-9,15H2,(H,16,19)/t10?,11-,13+,14+/m1/s1. The Kier molecular flexibility index (Phi) is 9.53. The Morgan fingerprint density at radius 1 is 1.32 bits per heavy atom. The molecule has 0 aromatic carbocycles. The molecule has 1 saturated heterocycles. The number of unbranched alkanes of at least 4 members (excludes halogenated alkanes) is 2. The van der Waals surface area contributed by atoms with Crippen LogP contribution in [0.25, 0.3) is 0 Å². The zero-order valence-corrected chi connectivity index (χ0v) is 12.8. The van der Waals surface area contributed by atoms with Crippen LogP contribution in [0.2, 0.25) is 0 Å². The maximum atomic E-state index is 11.5. The zero-order chi connectivity index (χ0) is 16.4. The number of carbonyl (C=O) groups excluding carboxylic acids is 1. The van der Waals surface area contributed by atoms with Crippen LogP contribution in [0.3, 0.4) is 0 Å². The Bertz CT molecular complexity index is 318. The molecule has 0 aromatic rings. The molecule has 1 heterocycles. The summed E-state index contributed by atoms with van der Waals surface area (Å²) in [6, 6.07) is 0. The van der Waals surface area contributed by atoms with Crippen molar-refractivity contribution in [2.24, 2.45) is 5.73 Å². The van der Waals surface area contributed by atoms with Crippen LogP contribution in [0, 0.1) is 0 Å². The summed E-state index contributed by atoms with van der Waals surface area (Å²) in [7, 11) is 0. The number of hydrogen-bond acceptors (Lipinski definition) is 7. The number of nitrogens with two attached hydrogens (primary N) is 1. The molecule has 0 aliphatic carbocycles. The molecular weight excluding hydrogens is 292 g/mol. The van der Waals surface area contributed by atoms with Crippen LogP contribution in [-0.2, 0) is 14.3 Å². The molecular formula is C14H28N2O6. The van der Waals surface area contributed by atoms with E-state index < -0.39 is 31.2 Å². The van der Waals surface area contributed by atoms with Crippen molar-refractivity contribution in [3.63, 3.8) is 0 Å². The van der Waals surface area contributed by atoms with E-state index in [2.05, 4.69) is 5.32 Å². The first-order chi connectivity index (χ1) is 10.6. The Balaban J connectivity index is 2.10. The topological polar surface area (TPSA) is 134 Å². The van der Waals surface area contributed by atoms with E-state index in [1.165, 1.54) is 0 Å². The molecule has 130 valence electrons. The van der Waals surface area contributed by atoms with Gasteiger partial charge >= 0.3 is 0 Å². The average Bonchev–Trinajstić information content (AvgIpc) is 2.51. The molecule has 1 aliphatic heterocycles. The van der Waals surface area contributed by atoms with Crippen LogP contribution in [0.4, 0.5) is 0 Å². The molecule has 1 fully saturated rings. The number of ether oxygens (including phenoxy) is 2. The lowest BCUT2D eigenvalue weighted by Crippen LogP contribution is -2.50. The summed E-state index contributed by atoms with van der Waals surface area (Å²) in [5.41, 5.74) is 5.37. The second-order valence-electron chi connectivity index (χ2n) is 5.40. The molecule has 1 aliphatic rings. The number of aliphatic hydroxyl groups is 3. The van der Waals surface area contributed by atoms with E-state index in [0.717, 1.165) is 19.3 Å². The number of rotatable bonds is 10. The molecule has 1 rings (SSSR count). The minimum absolute atomic E-state index is 0.0334. The van der Waals surface area contributed by atoms with Crippen molar-refractivity contribution in [2.45, 2.75) is 56.7 Å². The molecule has 1 amide bonds. The second kappa shape index (κ2) is 10.9. The van der Waals surface area contributed by atoms with Crippen LogP contribution < -0.4 is 11.1 Å². The molecule has 22 heavy (non-hydrogen) atoms. The van der Waals surface area contributed by atoms with Gasteiger partial charge in [-0.3, -0.25) is 4.79 Å². The first-order valence-corrected chi connectivity index (χ1v) is 7.79. The van der Waals surface area contributed by atoms with Crippen molar-refractivity contribution < 1.29 is 29.6 Å². The van der Waals surface area contributed by atoms with E-state index in [1.807, 2.05) is 0 Å². The van der Waals surface area contributed by atoms with E-state index in [1.54, 1.807) is 0 Å². The Morgan fingerprint density at radius 2 is 2.09 bits per heavy atom. The molecule has 0 radical (unpaired) electrons. The van der Waals surface area contributed by atoms with Crippen LogP contribution in [0.5, 0.6) is 0 Å². The van der Waals surface area contributed by atoms with Gasteiger partial charge in [-0.2, -0.15) is 0 Å². The van der Waals surface area contributed by atoms with Gasteiger partial charge in [-0.1, -0.05) is 6.42 Å². The Hall–Kier alpha value is -0.770. The quantitative estimate of drug-likeness (QED) is 0.308. The predicted octanol–water partition coefficient (Wildman–Crippen LogP) is -1.53. The van der Waals surface area contributed by atoms with Crippen molar-refractivity contribution >= 4 is 5.91 Å². The van der Waals surface area contributed by atoms with E-state index in [4.69, 9.17) is 20.3 Å². The third-order valence-electron chi connectivity index (χ3n) is 3.55. The normalized spacial score (nSPS) is 28.5. The highest BCUT2D eigenvalue weighted by Crippen LogP contribution is 2.20. The maximum absolute atomic E-state index is 11.5. The van der Waals surface area contributed by atoms with Gasteiger partial charge in [0.2, 0.25) is 5.91 Å². The second-order valence-corrected chi connectivity index (χ2v) is 5.40. The first-order valence-electron chi connectivity index (χ1n) is 7.79. The highest BCUT2D eigenvalue weighted by atomic mass is 16.7. The molecule has 0 saturated carbocycles. The monoisotopic (exact) mass is 320 g/mol. The van der Waals surface area contributed by atoms with Crippen molar-refractivity contribution in [3.8, 4) is 0 Å². The van der Waals surface area contributed by atoms with Crippen LogP contribution >= 0.6 is 0 Å². The minimum Gasteiger partial charge on any atom is -0.394 e. The van der Waals surface area contributed by atoms with Crippen molar-refractivity contribution in [3.05, 3.63) is 0 Å². The summed E-state index contributed by atoms with van der Waals surface area (Å²) in [6.45, 7) is 0.835. The molecule has 4 atom stereocenters. The number of amides is 1. The fourth-order valence-corrected chi connectivity index (χ4v) is 2.25. The summed E-state index contributed by atoms with van der Waals surface area (Å²) in [6.07, 6.45) is -0.372. The van der Waals surface area contributed by atoms with Gasteiger partial charge in [0.05, 0.1) is 19.3 Å². The van der Waals surface area contributed by atoms with Gasteiger partial charge in [0.15, 0.2) is 6.29 Å². The molecule has 1 unspecified atom stereocenters. The minimum atomic E-state index is -1.11.